The first kappa shape index (κ1) is 22.8. The van der Waals surface area contributed by atoms with E-state index in [1.54, 1.807) is 5.48 Å². The van der Waals surface area contributed by atoms with Crippen molar-refractivity contribution >= 4 is 11.8 Å². The van der Waals surface area contributed by atoms with Gasteiger partial charge in [-0.1, -0.05) is 6.92 Å². The maximum absolute atomic E-state index is 12.6. The highest BCUT2D eigenvalue weighted by atomic mass is 16.7. The molecule has 0 heterocycles. The van der Waals surface area contributed by atoms with E-state index in [-0.39, 0.29) is 37.9 Å². The zero-order valence-electron chi connectivity index (χ0n) is 16.2. The molecule has 2 atom stereocenters. The van der Waals surface area contributed by atoms with Gasteiger partial charge in [-0.2, -0.15) is 0 Å². The number of methoxy groups -OCH3 is 1. The average molecular weight is 374 g/mol. The van der Waals surface area contributed by atoms with Gasteiger partial charge in [-0.05, 0) is 44.9 Å². The molecule has 26 heavy (non-hydrogen) atoms. The Labute approximate surface area is 155 Å². The van der Waals surface area contributed by atoms with Crippen LogP contribution in [0.25, 0.3) is 0 Å². The van der Waals surface area contributed by atoms with Crippen LogP contribution in [0.4, 0.5) is 0 Å². The fraction of sp³-hybridized carbons (Fsp3) is 0.889. The van der Waals surface area contributed by atoms with Crippen LogP contribution in [0.15, 0.2) is 0 Å². The summed E-state index contributed by atoms with van der Waals surface area (Å²) < 4.78 is 15.7. The Balaban J connectivity index is 2.63. The summed E-state index contributed by atoms with van der Waals surface area (Å²) in [6.07, 6.45) is 4.20. The third kappa shape index (κ3) is 8.44. The van der Waals surface area contributed by atoms with Gasteiger partial charge in [0.05, 0.1) is 25.2 Å². The molecule has 0 unspecified atom stereocenters. The molecule has 1 fully saturated rings. The van der Waals surface area contributed by atoms with Crippen LogP contribution in [0.2, 0.25) is 0 Å². The molecule has 1 aliphatic rings. The van der Waals surface area contributed by atoms with Gasteiger partial charge in [0.1, 0.15) is 6.79 Å². The van der Waals surface area contributed by atoms with E-state index in [0.29, 0.717) is 18.9 Å². The molecular weight excluding hydrogens is 340 g/mol. The normalized spacial score (nSPS) is 22.5. The predicted octanol–water partition coefficient (Wildman–Crippen LogP) is 1.47. The lowest BCUT2D eigenvalue weighted by Gasteiger charge is -2.28. The molecule has 0 radical (unpaired) electrons. The number of carbonyl (C=O) groups is 2. The van der Waals surface area contributed by atoms with Gasteiger partial charge in [0.2, 0.25) is 11.8 Å². The van der Waals surface area contributed by atoms with E-state index in [0.717, 1.165) is 25.7 Å². The van der Waals surface area contributed by atoms with Gasteiger partial charge in [0, 0.05) is 19.6 Å². The number of nitrogens with one attached hydrogen (secondary N) is 2. The van der Waals surface area contributed by atoms with Crippen LogP contribution in [-0.2, 0) is 23.8 Å². The summed E-state index contributed by atoms with van der Waals surface area (Å²) in [5.41, 5.74) is 1.66. The van der Waals surface area contributed by atoms with Crippen molar-refractivity contribution in [1.29, 1.82) is 0 Å². The van der Waals surface area contributed by atoms with Crippen LogP contribution in [0.3, 0.4) is 0 Å². The van der Waals surface area contributed by atoms with Crippen molar-refractivity contribution in [2.24, 2.45) is 17.8 Å². The van der Waals surface area contributed by atoms with Crippen molar-refractivity contribution in [2.45, 2.75) is 52.0 Å². The molecule has 8 heteroatoms. The molecule has 1 rings (SSSR count). The van der Waals surface area contributed by atoms with Crippen LogP contribution in [-0.4, -0.2) is 56.8 Å². The van der Waals surface area contributed by atoms with Crippen molar-refractivity contribution in [2.75, 3.05) is 33.7 Å². The van der Waals surface area contributed by atoms with Crippen molar-refractivity contribution in [1.82, 2.24) is 10.8 Å². The summed E-state index contributed by atoms with van der Waals surface area (Å²) in [6.45, 7) is 5.12. The molecule has 152 valence electrons. The maximum Gasteiger partial charge on any atom is 0.248 e. The summed E-state index contributed by atoms with van der Waals surface area (Å²) in [6, 6.07) is -0.361. The van der Waals surface area contributed by atoms with Gasteiger partial charge < -0.3 is 19.5 Å². The highest BCUT2D eigenvalue weighted by molar-refractivity contribution is 5.80. The standard InChI is InChI=1S/C18H34N2O6/c1-4-25-12-26-11-16(9-15(10-24-3)18(22)20-23)19-17(21)14-7-5-13(2)6-8-14/h13-16,23H,4-12H2,1-3H3,(H,19,21)(H,20,22)/t13-,14-,15-,16+/m1/s1. The second-order valence-corrected chi connectivity index (χ2v) is 7.01. The summed E-state index contributed by atoms with van der Waals surface area (Å²) in [5, 5.41) is 11.9. The van der Waals surface area contributed by atoms with Gasteiger partial charge >= 0.3 is 0 Å². The monoisotopic (exact) mass is 374 g/mol. The number of carbonyl (C=O) groups excluding carboxylic acids is 2. The van der Waals surface area contributed by atoms with Gasteiger partial charge in [0.25, 0.3) is 0 Å². The van der Waals surface area contributed by atoms with Crippen LogP contribution >= 0.6 is 0 Å². The minimum Gasteiger partial charge on any atom is -0.384 e. The second kappa shape index (κ2) is 13.0. The summed E-state index contributed by atoms with van der Waals surface area (Å²) in [5.74, 6) is -0.445. The third-order valence-corrected chi connectivity index (χ3v) is 4.84. The van der Waals surface area contributed by atoms with Crippen molar-refractivity contribution in [3.63, 3.8) is 0 Å². The molecule has 0 aliphatic heterocycles. The first-order chi connectivity index (χ1) is 12.5. The molecule has 0 aromatic carbocycles. The SMILES string of the molecule is CCOCOC[C@H](C[C@H](COC)C(=O)NO)NC(=O)[C@H]1CC[C@H](C)CC1. The van der Waals surface area contributed by atoms with Crippen LogP contribution in [0.1, 0.15) is 46.0 Å². The zero-order valence-corrected chi connectivity index (χ0v) is 16.2. The van der Waals surface area contributed by atoms with E-state index in [2.05, 4.69) is 12.2 Å². The molecule has 0 saturated heterocycles. The largest absolute Gasteiger partial charge is 0.384 e. The lowest BCUT2D eigenvalue weighted by atomic mass is 9.82. The van der Waals surface area contributed by atoms with E-state index in [1.807, 2.05) is 6.92 Å². The minimum atomic E-state index is -0.586. The number of hydroxylamine groups is 1. The fourth-order valence-corrected chi connectivity index (χ4v) is 3.23. The molecular formula is C18H34N2O6. The molecule has 1 aliphatic carbocycles. The summed E-state index contributed by atoms with van der Waals surface area (Å²) in [7, 11) is 1.49. The predicted molar refractivity (Wildman–Crippen MR) is 95.4 cm³/mol. The third-order valence-electron chi connectivity index (χ3n) is 4.84. The number of hydrogen-bond donors (Lipinski definition) is 3. The van der Waals surface area contributed by atoms with Gasteiger partial charge in [-0.15, -0.1) is 0 Å². The lowest BCUT2D eigenvalue weighted by molar-refractivity contribution is -0.137. The second-order valence-electron chi connectivity index (χ2n) is 7.01. The van der Waals surface area contributed by atoms with Gasteiger partial charge in [0.15, 0.2) is 0 Å². The number of rotatable bonds is 12. The van der Waals surface area contributed by atoms with E-state index >= 15 is 0 Å². The van der Waals surface area contributed by atoms with Crippen molar-refractivity contribution < 1.29 is 29.0 Å². The molecule has 3 N–H and O–H groups in total. The van der Waals surface area contributed by atoms with Gasteiger partial charge in [-0.25, -0.2) is 5.48 Å². The van der Waals surface area contributed by atoms with E-state index in [9.17, 15) is 9.59 Å². The Kier molecular flexibility index (Phi) is 11.4. The first-order valence-electron chi connectivity index (χ1n) is 9.40. The van der Waals surface area contributed by atoms with Crippen LogP contribution in [0, 0.1) is 17.8 Å². The summed E-state index contributed by atoms with van der Waals surface area (Å²) >= 11 is 0. The number of amides is 2. The topological polar surface area (TPSA) is 106 Å². The molecule has 8 nitrogen and oxygen atoms in total. The molecule has 0 aromatic rings. The minimum absolute atomic E-state index is 0.00230. The fourth-order valence-electron chi connectivity index (χ4n) is 3.23. The molecule has 0 aromatic heterocycles. The Morgan fingerprint density at radius 2 is 1.85 bits per heavy atom. The van der Waals surface area contributed by atoms with Crippen LogP contribution in [0.5, 0.6) is 0 Å². The van der Waals surface area contributed by atoms with E-state index in [4.69, 9.17) is 19.4 Å². The highest BCUT2D eigenvalue weighted by Gasteiger charge is 2.28. The van der Waals surface area contributed by atoms with Gasteiger partial charge in [-0.3, -0.25) is 14.8 Å². The van der Waals surface area contributed by atoms with E-state index < -0.39 is 11.8 Å². The first-order valence-corrected chi connectivity index (χ1v) is 9.40. The summed E-state index contributed by atoms with van der Waals surface area (Å²) in [4.78, 5) is 24.4. The van der Waals surface area contributed by atoms with Crippen molar-refractivity contribution in [3.8, 4) is 0 Å². The number of hydrogen-bond acceptors (Lipinski definition) is 6. The Bertz CT molecular complexity index is 412. The zero-order chi connectivity index (χ0) is 19.4. The molecule has 0 bridgehead atoms. The van der Waals surface area contributed by atoms with Crippen LogP contribution < -0.4 is 10.8 Å². The highest BCUT2D eigenvalue weighted by Crippen LogP contribution is 2.28. The molecule has 1 saturated carbocycles. The average Bonchev–Trinajstić information content (AvgIpc) is 2.64. The Hall–Kier alpha value is -1.22. The Morgan fingerprint density at radius 3 is 2.42 bits per heavy atom. The lowest BCUT2D eigenvalue weighted by Crippen LogP contribution is -2.45. The number of ether oxygens (including phenoxy) is 3. The smallest absolute Gasteiger partial charge is 0.248 e. The van der Waals surface area contributed by atoms with E-state index in [1.165, 1.54) is 7.11 Å². The maximum atomic E-state index is 12.6. The Morgan fingerprint density at radius 1 is 1.15 bits per heavy atom. The molecule has 2 amide bonds. The van der Waals surface area contributed by atoms with Crippen molar-refractivity contribution in [3.05, 3.63) is 0 Å². The molecule has 0 spiro atoms. The quantitative estimate of drug-likeness (QED) is 0.207.